The highest BCUT2D eigenvalue weighted by Crippen LogP contribution is 2.43. The molecular formula is C13H26O2. The van der Waals surface area contributed by atoms with Gasteiger partial charge in [0, 0.05) is 12.3 Å². The quantitative estimate of drug-likeness (QED) is 0.651. The van der Waals surface area contributed by atoms with Crippen LogP contribution >= 0.6 is 0 Å². The molecule has 0 spiro atoms. The van der Waals surface area contributed by atoms with E-state index in [0.717, 1.165) is 12.8 Å². The molecule has 0 aliphatic heterocycles. The lowest BCUT2D eigenvalue weighted by molar-refractivity contribution is -0.178. The van der Waals surface area contributed by atoms with E-state index in [0.29, 0.717) is 5.92 Å². The molecule has 0 aliphatic rings. The third kappa shape index (κ3) is 3.22. The molecule has 0 bridgehead atoms. The van der Waals surface area contributed by atoms with Crippen LogP contribution in [0.4, 0.5) is 0 Å². The van der Waals surface area contributed by atoms with Crippen molar-refractivity contribution < 1.29 is 9.53 Å². The summed E-state index contributed by atoms with van der Waals surface area (Å²) in [5.74, 6) is 0.137. The molecule has 15 heavy (non-hydrogen) atoms. The Bertz CT molecular complexity index is 219. The van der Waals surface area contributed by atoms with Gasteiger partial charge in [-0.3, -0.25) is 4.79 Å². The lowest BCUT2D eigenvalue weighted by Crippen LogP contribution is -2.49. The van der Waals surface area contributed by atoms with Crippen LogP contribution in [-0.4, -0.2) is 11.6 Å². The number of carbonyl (C=O) groups excluding carboxylic acids is 1. The van der Waals surface area contributed by atoms with Crippen molar-refractivity contribution in [1.82, 2.24) is 0 Å². The maximum atomic E-state index is 11.2. The van der Waals surface area contributed by atoms with Crippen LogP contribution in [-0.2, 0) is 9.53 Å². The molecule has 0 N–H and O–H groups in total. The van der Waals surface area contributed by atoms with E-state index >= 15 is 0 Å². The van der Waals surface area contributed by atoms with Crippen LogP contribution in [0.15, 0.2) is 0 Å². The number of esters is 1. The topological polar surface area (TPSA) is 26.3 Å². The van der Waals surface area contributed by atoms with Gasteiger partial charge in [-0.05, 0) is 19.3 Å². The Labute approximate surface area is 94.4 Å². The summed E-state index contributed by atoms with van der Waals surface area (Å²) < 4.78 is 5.58. The van der Waals surface area contributed by atoms with Crippen molar-refractivity contribution in [2.45, 2.75) is 66.9 Å². The van der Waals surface area contributed by atoms with Crippen molar-refractivity contribution in [3.63, 3.8) is 0 Å². The zero-order valence-electron chi connectivity index (χ0n) is 11.3. The van der Waals surface area contributed by atoms with Crippen LogP contribution in [0.5, 0.6) is 0 Å². The fourth-order valence-electron chi connectivity index (χ4n) is 2.21. The zero-order chi connectivity index (χ0) is 12.3. The lowest BCUT2D eigenvalue weighted by atomic mass is 9.67. The number of carbonyl (C=O) groups is 1. The van der Waals surface area contributed by atoms with Crippen LogP contribution < -0.4 is 0 Å². The van der Waals surface area contributed by atoms with E-state index in [9.17, 15) is 4.79 Å². The van der Waals surface area contributed by atoms with Crippen molar-refractivity contribution in [2.75, 3.05) is 0 Å². The van der Waals surface area contributed by atoms with Crippen LogP contribution in [0.2, 0.25) is 0 Å². The maximum Gasteiger partial charge on any atom is 0.303 e. The van der Waals surface area contributed by atoms with E-state index in [1.807, 2.05) is 0 Å². The Morgan fingerprint density at radius 2 is 1.73 bits per heavy atom. The standard InChI is InChI=1S/C13H26O2/c1-8-9-12(5,6)13(7,10(2)3)15-11(4)14/h10H,8-9H2,1-7H3. The largest absolute Gasteiger partial charge is 0.459 e. The van der Waals surface area contributed by atoms with Crippen molar-refractivity contribution in [2.24, 2.45) is 11.3 Å². The molecule has 0 fully saturated rings. The van der Waals surface area contributed by atoms with Crippen molar-refractivity contribution in [1.29, 1.82) is 0 Å². The Hall–Kier alpha value is -0.530. The van der Waals surface area contributed by atoms with Gasteiger partial charge in [-0.1, -0.05) is 41.0 Å². The summed E-state index contributed by atoms with van der Waals surface area (Å²) in [7, 11) is 0. The first-order valence-corrected chi connectivity index (χ1v) is 5.87. The molecule has 0 heterocycles. The number of hydrogen-bond acceptors (Lipinski definition) is 2. The minimum atomic E-state index is -0.380. The van der Waals surface area contributed by atoms with Gasteiger partial charge in [0.15, 0.2) is 0 Å². The van der Waals surface area contributed by atoms with Gasteiger partial charge < -0.3 is 4.74 Å². The molecule has 2 nitrogen and oxygen atoms in total. The molecule has 0 aromatic rings. The molecule has 0 aliphatic carbocycles. The summed E-state index contributed by atoms with van der Waals surface area (Å²) in [6, 6.07) is 0. The molecule has 0 rings (SSSR count). The van der Waals surface area contributed by atoms with Gasteiger partial charge in [-0.15, -0.1) is 0 Å². The maximum absolute atomic E-state index is 11.2. The Morgan fingerprint density at radius 3 is 2.00 bits per heavy atom. The number of hydrogen-bond donors (Lipinski definition) is 0. The molecule has 0 aromatic heterocycles. The van der Waals surface area contributed by atoms with E-state index in [-0.39, 0.29) is 17.0 Å². The highest BCUT2D eigenvalue weighted by molar-refractivity contribution is 5.66. The predicted octanol–water partition coefficient (Wildman–Crippen LogP) is 3.79. The molecule has 0 aromatic carbocycles. The first kappa shape index (κ1) is 14.5. The molecule has 90 valence electrons. The summed E-state index contributed by atoms with van der Waals surface area (Å²) in [5, 5.41) is 0. The average molecular weight is 214 g/mol. The van der Waals surface area contributed by atoms with E-state index in [2.05, 4.69) is 41.5 Å². The van der Waals surface area contributed by atoms with Gasteiger partial charge in [0.1, 0.15) is 5.60 Å². The van der Waals surface area contributed by atoms with Crippen molar-refractivity contribution in [3.05, 3.63) is 0 Å². The number of ether oxygens (including phenoxy) is 1. The second-order valence-electron chi connectivity index (χ2n) is 5.49. The van der Waals surface area contributed by atoms with Gasteiger partial charge in [0.25, 0.3) is 0 Å². The Kier molecular flexibility index (Phi) is 4.82. The first-order valence-electron chi connectivity index (χ1n) is 5.87. The van der Waals surface area contributed by atoms with Crippen molar-refractivity contribution in [3.8, 4) is 0 Å². The second-order valence-corrected chi connectivity index (χ2v) is 5.49. The average Bonchev–Trinajstić information content (AvgIpc) is 2.01. The lowest BCUT2D eigenvalue weighted by Gasteiger charge is -2.46. The van der Waals surface area contributed by atoms with Gasteiger partial charge >= 0.3 is 5.97 Å². The van der Waals surface area contributed by atoms with Crippen molar-refractivity contribution >= 4 is 5.97 Å². The van der Waals surface area contributed by atoms with Crippen LogP contribution in [0.3, 0.4) is 0 Å². The van der Waals surface area contributed by atoms with Gasteiger partial charge in [0.05, 0.1) is 0 Å². The summed E-state index contributed by atoms with van der Waals surface area (Å²) >= 11 is 0. The zero-order valence-corrected chi connectivity index (χ0v) is 11.3. The van der Waals surface area contributed by atoms with E-state index in [4.69, 9.17) is 4.74 Å². The third-order valence-electron chi connectivity index (χ3n) is 3.68. The molecule has 1 atom stereocenters. The molecule has 0 saturated heterocycles. The van der Waals surface area contributed by atoms with Gasteiger partial charge in [-0.2, -0.15) is 0 Å². The summed E-state index contributed by atoms with van der Waals surface area (Å²) in [6.45, 7) is 14.3. The minimum Gasteiger partial charge on any atom is -0.459 e. The highest BCUT2D eigenvalue weighted by atomic mass is 16.6. The van der Waals surface area contributed by atoms with E-state index in [1.165, 1.54) is 6.92 Å². The SMILES string of the molecule is CCCC(C)(C)C(C)(OC(C)=O)C(C)C. The molecule has 1 unspecified atom stereocenters. The highest BCUT2D eigenvalue weighted by Gasteiger charge is 2.45. The second kappa shape index (κ2) is 5.00. The molecule has 2 heteroatoms. The Balaban J connectivity index is 5.00. The molecule has 0 amide bonds. The minimum absolute atomic E-state index is 0.0155. The first-order chi connectivity index (χ1) is 6.67. The van der Waals surface area contributed by atoms with Gasteiger partial charge in [-0.25, -0.2) is 0 Å². The summed E-state index contributed by atoms with van der Waals surface area (Å²) in [6.07, 6.45) is 2.17. The molecule has 0 radical (unpaired) electrons. The predicted molar refractivity (Wildman–Crippen MR) is 63.7 cm³/mol. The van der Waals surface area contributed by atoms with Gasteiger partial charge in [0.2, 0.25) is 0 Å². The Morgan fingerprint density at radius 1 is 1.27 bits per heavy atom. The smallest absolute Gasteiger partial charge is 0.303 e. The fraction of sp³-hybridized carbons (Fsp3) is 0.923. The number of rotatable bonds is 5. The fourth-order valence-corrected chi connectivity index (χ4v) is 2.21. The monoisotopic (exact) mass is 214 g/mol. The third-order valence-corrected chi connectivity index (χ3v) is 3.68. The summed E-state index contributed by atoms with van der Waals surface area (Å²) in [5.41, 5.74) is -0.365. The van der Waals surface area contributed by atoms with E-state index in [1.54, 1.807) is 0 Å². The molecule has 0 saturated carbocycles. The van der Waals surface area contributed by atoms with Crippen LogP contribution in [0.1, 0.15) is 61.3 Å². The van der Waals surface area contributed by atoms with E-state index < -0.39 is 0 Å². The summed E-state index contributed by atoms with van der Waals surface area (Å²) in [4.78, 5) is 11.2. The van der Waals surface area contributed by atoms with Crippen LogP contribution in [0, 0.1) is 11.3 Å². The molecular weight excluding hydrogens is 188 g/mol. The normalized spacial score (nSPS) is 16.3. The van der Waals surface area contributed by atoms with Crippen LogP contribution in [0.25, 0.3) is 0 Å².